The Morgan fingerprint density at radius 3 is 2.41 bits per heavy atom. The van der Waals surface area contributed by atoms with E-state index in [-0.39, 0.29) is 12.6 Å². The number of aliphatic hydroxyl groups excluding tert-OH is 1. The lowest BCUT2D eigenvalue weighted by Gasteiger charge is -2.13. The number of aliphatic hydroxyl groups is 1. The molecule has 3 N–H and O–H groups in total. The molecule has 0 aliphatic rings. The van der Waals surface area contributed by atoms with Crippen molar-refractivity contribution in [3.05, 3.63) is 70.7 Å². The Kier molecular flexibility index (Phi) is 6.25. The first-order valence-electron chi connectivity index (χ1n) is 7.14. The van der Waals surface area contributed by atoms with E-state index in [2.05, 4.69) is 10.6 Å². The van der Waals surface area contributed by atoms with Gasteiger partial charge < -0.3 is 15.7 Å². The molecule has 5 heteroatoms. The van der Waals surface area contributed by atoms with Crippen molar-refractivity contribution in [1.82, 2.24) is 10.6 Å². The summed E-state index contributed by atoms with van der Waals surface area (Å²) in [4.78, 5) is 11.7. The predicted molar refractivity (Wildman–Crippen MR) is 88.0 cm³/mol. The molecule has 0 unspecified atom stereocenters. The second-order valence-electron chi connectivity index (χ2n) is 4.94. The molecule has 2 aromatic rings. The predicted octanol–water partition coefficient (Wildman–Crippen LogP) is 2.92. The summed E-state index contributed by atoms with van der Waals surface area (Å²) < 4.78 is 0. The number of hydrogen-bond acceptors (Lipinski definition) is 2. The summed E-state index contributed by atoms with van der Waals surface area (Å²) in [5.41, 5.74) is 1.89. The third-order valence-electron chi connectivity index (χ3n) is 3.25. The van der Waals surface area contributed by atoms with Gasteiger partial charge in [0.15, 0.2) is 0 Å². The third kappa shape index (κ3) is 5.39. The van der Waals surface area contributed by atoms with Gasteiger partial charge in [0.05, 0.1) is 6.10 Å². The minimum absolute atomic E-state index is 0.152. The third-order valence-corrected chi connectivity index (χ3v) is 3.50. The molecule has 0 saturated heterocycles. The van der Waals surface area contributed by atoms with Gasteiger partial charge in [-0.15, -0.1) is 0 Å². The SMILES string of the molecule is O=C(NCCc1ccccc1)NC[C@H](O)c1ccc(Cl)cc1. The molecule has 0 heterocycles. The molecule has 4 nitrogen and oxygen atoms in total. The van der Waals surface area contributed by atoms with Crippen LogP contribution < -0.4 is 10.6 Å². The molecule has 0 saturated carbocycles. The zero-order valence-corrected chi connectivity index (χ0v) is 12.9. The lowest BCUT2D eigenvalue weighted by Crippen LogP contribution is -2.38. The van der Waals surface area contributed by atoms with Crippen LogP contribution >= 0.6 is 11.6 Å². The summed E-state index contributed by atoms with van der Waals surface area (Å²) in [5.74, 6) is 0. The van der Waals surface area contributed by atoms with Gasteiger partial charge in [-0.1, -0.05) is 54.1 Å². The number of hydrogen-bond donors (Lipinski definition) is 3. The van der Waals surface area contributed by atoms with E-state index in [4.69, 9.17) is 11.6 Å². The highest BCUT2D eigenvalue weighted by atomic mass is 35.5. The maximum atomic E-state index is 11.7. The topological polar surface area (TPSA) is 61.4 Å². The molecule has 0 fully saturated rings. The molecule has 1 atom stereocenters. The number of halogens is 1. The van der Waals surface area contributed by atoms with Crippen molar-refractivity contribution < 1.29 is 9.90 Å². The van der Waals surface area contributed by atoms with Crippen LogP contribution in [0.1, 0.15) is 17.2 Å². The molecule has 0 radical (unpaired) electrons. The van der Waals surface area contributed by atoms with Crippen molar-refractivity contribution in [1.29, 1.82) is 0 Å². The molecule has 2 rings (SSSR count). The Morgan fingerprint density at radius 1 is 1.05 bits per heavy atom. The molecule has 2 amide bonds. The van der Waals surface area contributed by atoms with Crippen LogP contribution in [0, 0.1) is 0 Å². The average molecular weight is 319 g/mol. The highest BCUT2D eigenvalue weighted by Crippen LogP contribution is 2.15. The van der Waals surface area contributed by atoms with Gasteiger partial charge in [0, 0.05) is 18.1 Å². The van der Waals surface area contributed by atoms with Crippen LogP contribution in [0.4, 0.5) is 4.79 Å². The van der Waals surface area contributed by atoms with Crippen molar-refractivity contribution in [3.8, 4) is 0 Å². The smallest absolute Gasteiger partial charge is 0.314 e. The van der Waals surface area contributed by atoms with Crippen LogP contribution in [0.2, 0.25) is 5.02 Å². The zero-order valence-electron chi connectivity index (χ0n) is 12.1. The number of carbonyl (C=O) groups is 1. The highest BCUT2D eigenvalue weighted by molar-refractivity contribution is 6.30. The second-order valence-corrected chi connectivity index (χ2v) is 5.38. The molecule has 0 bridgehead atoms. The number of rotatable bonds is 6. The van der Waals surface area contributed by atoms with E-state index >= 15 is 0 Å². The normalized spacial score (nSPS) is 11.7. The van der Waals surface area contributed by atoms with Gasteiger partial charge in [-0.25, -0.2) is 4.79 Å². The standard InChI is InChI=1S/C17H19ClN2O2/c18-15-8-6-14(7-9-15)16(21)12-20-17(22)19-11-10-13-4-2-1-3-5-13/h1-9,16,21H,10-12H2,(H2,19,20,22)/t16-/m0/s1. The van der Waals surface area contributed by atoms with Gasteiger partial charge >= 0.3 is 6.03 Å². The average Bonchev–Trinajstić information content (AvgIpc) is 2.54. The first-order chi connectivity index (χ1) is 10.6. The van der Waals surface area contributed by atoms with Crippen LogP contribution in [0.25, 0.3) is 0 Å². The molecule has 22 heavy (non-hydrogen) atoms. The van der Waals surface area contributed by atoms with Gasteiger partial charge in [0.25, 0.3) is 0 Å². The van der Waals surface area contributed by atoms with E-state index in [0.29, 0.717) is 17.1 Å². The van der Waals surface area contributed by atoms with E-state index in [0.717, 1.165) is 6.42 Å². The Labute approximate surface area is 135 Å². The fraction of sp³-hybridized carbons (Fsp3) is 0.235. The number of benzene rings is 2. The van der Waals surface area contributed by atoms with E-state index in [1.165, 1.54) is 5.56 Å². The number of amides is 2. The Balaban J connectivity index is 1.68. The van der Waals surface area contributed by atoms with Crippen LogP contribution in [0.3, 0.4) is 0 Å². The first kappa shape index (κ1) is 16.3. The maximum Gasteiger partial charge on any atom is 0.314 e. The second kappa shape index (κ2) is 8.41. The summed E-state index contributed by atoms with van der Waals surface area (Å²) in [5, 5.41) is 16.0. The number of carbonyl (C=O) groups excluding carboxylic acids is 1. The molecule has 2 aromatic carbocycles. The summed E-state index contributed by atoms with van der Waals surface area (Å²) in [6.07, 6.45) is 0.0192. The minimum Gasteiger partial charge on any atom is -0.387 e. The molecule has 0 aliphatic heterocycles. The van der Waals surface area contributed by atoms with Crippen molar-refractivity contribution in [3.63, 3.8) is 0 Å². The lowest BCUT2D eigenvalue weighted by molar-refractivity contribution is 0.173. The van der Waals surface area contributed by atoms with Crippen LogP contribution in [-0.2, 0) is 6.42 Å². The zero-order chi connectivity index (χ0) is 15.8. The van der Waals surface area contributed by atoms with Crippen LogP contribution in [-0.4, -0.2) is 24.2 Å². The summed E-state index contributed by atoms with van der Waals surface area (Å²) in [7, 11) is 0. The van der Waals surface area contributed by atoms with E-state index < -0.39 is 6.10 Å². The van der Waals surface area contributed by atoms with E-state index in [9.17, 15) is 9.90 Å². The van der Waals surface area contributed by atoms with E-state index in [1.54, 1.807) is 24.3 Å². The van der Waals surface area contributed by atoms with Gasteiger partial charge in [-0.2, -0.15) is 0 Å². The molecular formula is C17H19ClN2O2. The first-order valence-corrected chi connectivity index (χ1v) is 7.52. The van der Waals surface area contributed by atoms with Crippen LogP contribution in [0.15, 0.2) is 54.6 Å². The molecule has 116 valence electrons. The number of nitrogens with one attached hydrogen (secondary N) is 2. The molecule has 0 aliphatic carbocycles. The fourth-order valence-corrected chi connectivity index (χ4v) is 2.15. The van der Waals surface area contributed by atoms with Gasteiger partial charge in [0.1, 0.15) is 0 Å². The summed E-state index contributed by atoms with van der Waals surface area (Å²) >= 11 is 5.79. The highest BCUT2D eigenvalue weighted by Gasteiger charge is 2.09. The largest absolute Gasteiger partial charge is 0.387 e. The van der Waals surface area contributed by atoms with E-state index in [1.807, 2.05) is 30.3 Å². The molecule has 0 aromatic heterocycles. The van der Waals surface area contributed by atoms with Crippen molar-refractivity contribution in [2.45, 2.75) is 12.5 Å². The van der Waals surface area contributed by atoms with Crippen molar-refractivity contribution in [2.75, 3.05) is 13.1 Å². The quantitative estimate of drug-likeness (QED) is 0.767. The summed E-state index contributed by atoms with van der Waals surface area (Å²) in [6.45, 7) is 0.700. The fourth-order valence-electron chi connectivity index (χ4n) is 2.02. The Bertz CT molecular complexity index is 587. The molecular weight excluding hydrogens is 300 g/mol. The Hall–Kier alpha value is -2.04. The monoisotopic (exact) mass is 318 g/mol. The Morgan fingerprint density at radius 2 is 1.73 bits per heavy atom. The lowest BCUT2D eigenvalue weighted by atomic mass is 10.1. The minimum atomic E-state index is -0.753. The number of urea groups is 1. The van der Waals surface area contributed by atoms with Gasteiger partial charge in [-0.05, 0) is 29.7 Å². The van der Waals surface area contributed by atoms with Gasteiger partial charge in [-0.3, -0.25) is 0 Å². The maximum absolute atomic E-state index is 11.7. The summed E-state index contributed by atoms with van der Waals surface area (Å²) in [6, 6.07) is 16.5. The van der Waals surface area contributed by atoms with Crippen LogP contribution in [0.5, 0.6) is 0 Å². The van der Waals surface area contributed by atoms with Crippen molar-refractivity contribution in [2.24, 2.45) is 0 Å². The van der Waals surface area contributed by atoms with Gasteiger partial charge in [0.2, 0.25) is 0 Å². The molecule has 0 spiro atoms. The van der Waals surface area contributed by atoms with Crippen molar-refractivity contribution >= 4 is 17.6 Å².